The molecule has 1 rings (SSSR count). The average Bonchev–Trinajstić information content (AvgIpc) is 2.17. The number of carbonyl (C=O) groups is 1. The predicted octanol–water partition coefficient (Wildman–Crippen LogP) is 2.04. The van der Waals surface area contributed by atoms with Crippen LogP contribution in [0.5, 0.6) is 0 Å². The summed E-state index contributed by atoms with van der Waals surface area (Å²) in [6.45, 7) is 1.92. The number of halogens is 2. The van der Waals surface area contributed by atoms with Gasteiger partial charge in [0.2, 0.25) is 0 Å². The minimum Gasteiger partial charge on any atom is -0.465 e. The van der Waals surface area contributed by atoms with E-state index >= 15 is 0 Å². The molecule has 0 radical (unpaired) electrons. The molecule has 0 saturated carbocycles. The first-order valence-electron chi connectivity index (χ1n) is 4.43. The van der Waals surface area contributed by atoms with Crippen LogP contribution in [0.25, 0.3) is 0 Å². The third kappa shape index (κ3) is 2.91. The second-order valence-electron chi connectivity index (χ2n) is 2.90. The fourth-order valence-electron chi connectivity index (χ4n) is 1.11. The largest absolute Gasteiger partial charge is 0.465 e. The molecular formula is C10H11ClFNO2. The Balaban J connectivity index is 2.91. The van der Waals surface area contributed by atoms with Crippen molar-refractivity contribution in [2.24, 2.45) is 5.73 Å². The van der Waals surface area contributed by atoms with E-state index in [4.69, 9.17) is 22.1 Å². The van der Waals surface area contributed by atoms with Crippen LogP contribution in [0.2, 0.25) is 5.02 Å². The number of carbonyl (C=O) groups excluding carboxylic acids is 1. The topological polar surface area (TPSA) is 52.3 Å². The zero-order valence-corrected chi connectivity index (χ0v) is 8.92. The third-order valence-corrected chi connectivity index (χ3v) is 2.17. The summed E-state index contributed by atoms with van der Waals surface area (Å²) in [5.41, 5.74) is 5.95. The quantitative estimate of drug-likeness (QED) is 0.810. The summed E-state index contributed by atoms with van der Waals surface area (Å²) < 4.78 is 17.4. The highest BCUT2D eigenvalue weighted by Gasteiger charge is 2.19. The standard InChI is InChI=1S/C10H11ClFNO2/c1-2-15-10(14)9(13)7-4-3-6(12)5-8(7)11/h3-5,9H,2,13H2,1H3. The van der Waals surface area contributed by atoms with Crippen molar-refractivity contribution >= 4 is 17.6 Å². The molecule has 15 heavy (non-hydrogen) atoms. The van der Waals surface area contributed by atoms with Crippen LogP contribution in [0, 0.1) is 5.82 Å². The Morgan fingerprint density at radius 3 is 2.87 bits per heavy atom. The summed E-state index contributed by atoms with van der Waals surface area (Å²) in [5.74, 6) is -1.05. The van der Waals surface area contributed by atoms with Gasteiger partial charge in [0, 0.05) is 5.02 Å². The van der Waals surface area contributed by atoms with Crippen molar-refractivity contribution in [3.05, 3.63) is 34.6 Å². The molecule has 1 aromatic carbocycles. The molecule has 0 aromatic heterocycles. The first kappa shape index (κ1) is 11.9. The zero-order chi connectivity index (χ0) is 11.4. The summed E-state index contributed by atoms with van der Waals surface area (Å²) in [6.07, 6.45) is 0. The number of rotatable bonds is 3. The van der Waals surface area contributed by atoms with Crippen LogP contribution < -0.4 is 5.73 Å². The average molecular weight is 232 g/mol. The summed E-state index contributed by atoms with van der Waals surface area (Å²) in [5, 5.41) is 0.121. The van der Waals surface area contributed by atoms with Crippen LogP contribution in [0.4, 0.5) is 4.39 Å². The lowest BCUT2D eigenvalue weighted by Crippen LogP contribution is -2.24. The molecule has 0 aliphatic heterocycles. The minimum atomic E-state index is -0.974. The highest BCUT2D eigenvalue weighted by molar-refractivity contribution is 6.31. The highest BCUT2D eigenvalue weighted by Crippen LogP contribution is 2.23. The van der Waals surface area contributed by atoms with Gasteiger partial charge >= 0.3 is 5.97 Å². The van der Waals surface area contributed by atoms with Gasteiger partial charge in [0.15, 0.2) is 0 Å². The van der Waals surface area contributed by atoms with Gasteiger partial charge in [-0.1, -0.05) is 17.7 Å². The number of benzene rings is 1. The molecule has 1 unspecified atom stereocenters. The van der Waals surface area contributed by atoms with Crippen molar-refractivity contribution in [3.63, 3.8) is 0 Å². The first-order valence-corrected chi connectivity index (χ1v) is 4.81. The normalized spacial score (nSPS) is 12.3. The molecule has 0 amide bonds. The predicted molar refractivity (Wildman–Crippen MR) is 55.0 cm³/mol. The Bertz CT molecular complexity index is 370. The van der Waals surface area contributed by atoms with E-state index in [0.717, 1.165) is 6.07 Å². The van der Waals surface area contributed by atoms with Gasteiger partial charge in [-0.15, -0.1) is 0 Å². The Morgan fingerprint density at radius 2 is 2.33 bits per heavy atom. The Morgan fingerprint density at radius 1 is 1.67 bits per heavy atom. The SMILES string of the molecule is CCOC(=O)C(N)c1ccc(F)cc1Cl. The van der Waals surface area contributed by atoms with Crippen molar-refractivity contribution in [1.29, 1.82) is 0 Å². The molecule has 0 bridgehead atoms. The van der Waals surface area contributed by atoms with Gasteiger partial charge in [0.25, 0.3) is 0 Å². The van der Waals surface area contributed by atoms with Crippen molar-refractivity contribution in [2.45, 2.75) is 13.0 Å². The maximum atomic E-state index is 12.7. The lowest BCUT2D eigenvalue weighted by Gasteiger charge is -2.12. The molecule has 0 heterocycles. The maximum absolute atomic E-state index is 12.7. The van der Waals surface area contributed by atoms with Gasteiger partial charge in [-0.25, -0.2) is 9.18 Å². The molecule has 0 saturated heterocycles. The monoisotopic (exact) mass is 231 g/mol. The van der Waals surface area contributed by atoms with E-state index in [1.807, 2.05) is 0 Å². The molecule has 1 aromatic rings. The Labute approximate surface area is 92.0 Å². The van der Waals surface area contributed by atoms with E-state index in [0.29, 0.717) is 5.56 Å². The first-order chi connectivity index (χ1) is 7.06. The van der Waals surface area contributed by atoms with Crippen molar-refractivity contribution in [3.8, 4) is 0 Å². The van der Waals surface area contributed by atoms with Crippen molar-refractivity contribution < 1.29 is 13.9 Å². The fourth-order valence-corrected chi connectivity index (χ4v) is 1.40. The number of hydrogen-bond acceptors (Lipinski definition) is 3. The van der Waals surface area contributed by atoms with Crippen LogP contribution in [0.3, 0.4) is 0 Å². The molecule has 1 atom stereocenters. The minimum absolute atomic E-state index is 0.121. The van der Waals surface area contributed by atoms with Crippen LogP contribution in [-0.4, -0.2) is 12.6 Å². The Kier molecular flexibility index (Phi) is 4.05. The summed E-state index contributed by atoms with van der Waals surface area (Å²) >= 11 is 5.74. The van der Waals surface area contributed by atoms with Gasteiger partial charge in [-0.2, -0.15) is 0 Å². The molecule has 2 N–H and O–H groups in total. The van der Waals surface area contributed by atoms with Crippen LogP contribution in [0.1, 0.15) is 18.5 Å². The molecule has 5 heteroatoms. The number of esters is 1. The maximum Gasteiger partial charge on any atom is 0.327 e. The molecule has 0 aliphatic rings. The number of ether oxygens (including phenoxy) is 1. The van der Waals surface area contributed by atoms with Gasteiger partial charge in [-0.3, -0.25) is 0 Å². The molecule has 0 fully saturated rings. The number of nitrogens with two attached hydrogens (primary N) is 1. The highest BCUT2D eigenvalue weighted by atomic mass is 35.5. The van der Waals surface area contributed by atoms with Gasteiger partial charge in [0.1, 0.15) is 11.9 Å². The second kappa shape index (κ2) is 5.09. The van der Waals surface area contributed by atoms with E-state index in [1.165, 1.54) is 12.1 Å². The zero-order valence-electron chi connectivity index (χ0n) is 8.17. The number of hydrogen-bond donors (Lipinski definition) is 1. The van der Waals surface area contributed by atoms with Crippen molar-refractivity contribution in [1.82, 2.24) is 0 Å². The van der Waals surface area contributed by atoms with Gasteiger partial charge in [-0.05, 0) is 24.6 Å². The molecular weight excluding hydrogens is 221 g/mol. The van der Waals surface area contributed by atoms with Crippen LogP contribution in [-0.2, 0) is 9.53 Å². The van der Waals surface area contributed by atoms with Crippen molar-refractivity contribution in [2.75, 3.05) is 6.61 Å². The van der Waals surface area contributed by atoms with E-state index in [1.54, 1.807) is 6.92 Å². The molecule has 0 aliphatic carbocycles. The lowest BCUT2D eigenvalue weighted by atomic mass is 10.1. The van der Waals surface area contributed by atoms with Gasteiger partial charge < -0.3 is 10.5 Å². The fraction of sp³-hybridized carbons (Fsp3) is 0.300. The van der Waals surface area contributed by atoms with Crippen LogP contribution >= 0.6 is 11.6 Å². The smallest absolute Gasteiger partial charge is 0.327 e. The Hall–Kier alpha value is -1.13. The van der Waals surface area contributed by atoms with E-state index in [2.05, 4.69) is 0 Å². The lowest BCUT2D eigenvalue weighted by molar-refractivity contribution is -0.144. The van der Waals surface area contributed by atoms with E-state index in [-0.39, 0.29) is 11.6 Å². The summed E-state index contributed by atoms with van der Waals surface area (Å²) in [7, 11) is 0. The summed E-state index contributed by atoms with van der Waals surface area (Å²) in [4.78, 5) is 11.3. The third-order valence-electron chi connectivity index (χ3n) is 1.84. The molecule has 82 valence electrons. The second-order valence-corrected chi connectivity index (χ2v) is 3.30. The molecule has 3 nitrogen and oxygen atoms in total. The van der Waals surface area contributed by atoms with E-state index < -0.39 is 17.8 Å². The van der Waals surface area contributed by atoms with E-state index in [9.17, 15) is 9.18 Å². The van der Waals surface area contributed by atoms with Gasteiger partial charge in [0.05, 0.1) is 6.61 Å². The molecule has 0 spiro atoms. The summed E-state index contributed by atoms with van der Waals surface area (Å²) in [6, 6.07) is 2.70. The van der Waals surface area contributed by atoms with Crippen LogP contribution in [0.15, 0.2) is 18.2 Å².